The zero-order valence-corrected chi connectivity index (χ0v) is 11.7. The van der Waals surface area contributed by atoms with E-state index in [1.807, 2.05) is 30.8 Å². The molecule has 0 spiro atoms. The van der Waals surface area contributed by atoms with Crippen LogP contribution in [0.25, 0.3) is 0 Å². The summed E-state index contributed by atoms with van der Waals surface area (Å²) in [4.78, 5) is 11.3. The number of hydrogen-bond acceptors (Lipinski definition) is 3. The number of carbonyl (C=O) groups is 1. The second-order valence-electron chi connectivity index (χ2n) is 5.05. The molecule has 3 N–H and O–H groups in total. The molecule has 5 nitrogen and oxygen atoms in total. The number of nitrogens with two attached hydrogens (primary N) is 1. The second kappa shape index (κ2) is 6.54. The third-order valence-electron chi connectivity index (χ3n) is 3.18. The van der Waals surface area contributed by atoms with Gasteiger partial charge in [-0.05, 0) is 25.3 Å². The van der Waals surface area contributed by atoms with E-state index in [1.54, 1.807) is 0 Å². The Labute approximate surface area is 109 Å². The molecule has 0 aliphatic rings. The van der Waals surface area contributed by atoms with Crippen molar-refractivity contribution in [1.82, 2.24) is 15.1 Å². The summed E-state index contributed by atoms with van der Waals surface area (Å²) in [5.74, 6) is -0.134. The van der Waals surface area contributed by atoms with Gasteiger partial charge in [-0.15, -0.1) is 0 Å². The molecule has 0 fully saturated rings. The molecule has 2 unspecified atom stereocenters. The van der Waals surface area contributed by atoms with Gasteiger partial charge in [-0.3, -0.25) is 14.8 Å². The number of aromatic nitrogens is 2. The molecule has 0 aliphatic carbocycles. The maximum absolute atomic E-state index is 11.3. The van der Waals surface area contributed by atoms with Crippen molar-refractivity contribution in [3.63, 3.8) is 0 Å². The number of nitrogens with zero attached hydrogens (tertiary/aromatic N) is 2. The van der Waals surface area contributed by atoms with Crippen LogP contribution in [-0.2, 0) is 11.3 Å². The molecule has 1 rings (SSSR count). The Morgan fingerprint density at radius 1 is 1.50 bits per heavy atom. The Morgan fingerprint density at radius 2 is 2.17 bits per heavy atom. The molecular formula is C13H24N4O. The zero-order chi connectivity index (χ0) is 13.7. The van der Waals surface area contributed by atoms with Gasteiger partial charge < -0.3 is 5.73 Å². The van der Waals surface area contributed by atoms with Gasteiger partial charge >= 0.3 is 0 Å². The van der Waals surface area contributed by atoms with Crippen molar-refractivity contribution in [2.75, 3.05) is 0 Å². The van der Waals surface area contributed by atoms with Gasteiger partial charge in [0, 0.05) is 18.8 Å². The number of primary amides is 1. The Kier molecular flexibility index (Phi) is 5.34. The molecule has 1 aromatic rings. The molecule has 0 saturated heterocycles. The fraction of sp³-hybridized carbons (Fsp3) is 0.692. The minimum absolute atomic E-state index is 0.180. The van der Waals surface area contributed by atoms with Crippen LogP contribution in [0, 0.1) is 5.92 Å². The fourth-order valence-electron chi connectivity index (χ4n) is 1.78. The standard InChI is InChI=1S/C13H24N4O/c1-5-10(4)17-7-6-11(16-17)8-15-12(9(2)3)13(14)18/h6-7,9-10,12,15H,5,8H2,1-4H3,(H2,14,18). The van der Waals surface area contributed by atoms with E-state index in [4.69, 9.17) is 5.73 Å². The summed E-state index contributed by atoms with van der Waals surface area (Å²) in [5.41, 5.74) is 6.28. The number of amides is 1. The Morgan fingerprint density at radius 3 is 2.67 bits per heavy atom. The van der Waals surface area contributed by atoms with Crippen LogP contribution in [0.5, 0.6) is 0 Å². The normalized spacial score (nSPS) is 14.7. The summed E-state index contributed by atoms with van der Waals surface area (Å²) >= 11 is 0. The smallest absolute Gasteiger partial charge is 0.234 e. The van der Waals surface area contributed by atoms with E-state index in [2.05, 4.69) is 24.3 Å². The second-order valence-corrected chi connectivity index (χ2v) is 5.05. The molecule has 1 amide bonds. The molecular weight excluding hydrogens is 228 g/mol. The molecule has 0 aromatic carbocycles. The Bertz CT molecular complexity index is 386. The van der Waals surface area contributed by atoms with Crippen molar-refractivity contribution < 1.29 is 4.79 Å². The van der Waals surface area contributed by atoms with Gasteiger partial charge in [-0.25, -0.2) is 0 Å². The highest BCUT2D eigenvalue weighted by Gasteiger charge is 2.18. The molecule has 1 aromatic heterocycles. The van der Waals surface area contributed by atoms with Crippen molar-refractivity contribution in [3.05, 3.63) is 18.0 Å². The zero-order valence-electron chi connectivity index (χ0n) is 11.7. The van der Waals surface area contributed by atoms with Crippen LogP contribution in [0.4, 0.5) is 0 Å². The number of carbonyl (C=O) groups excluding carboxylic acids is 1. The van der Waals surface area contributed by atoms with E-state index in [1.165, 1.54) is 0 Å². The van der Waals surface area contributed by atoms with Gasteiger partial charge in [0.2, 0.25) is 5.91 Å². The molecule has 18 heavy (non-hydrogen) atoms. The lowest BCUT2D eigenvalue weighted by Crippen LogP contribution is -2.44. The van der Waals surface area contributed by atoms with Crippen molar-refractivity contribution in [2.24, 2.45) is 11.7 Å². The quantitative estimate of drug-likeness (QED) is 0.771. The summed E-state index contributed by atoms with van der Waals surface area (Å²) in [7, 11) is 0. The fourth-order valence-corrected chi connectivity index (χ4v) is 1.78. The number of nitrogens with one attached hydrogen (secondary N) is 1. The van der Waals surface area contributed by atoms with Gasteiger partial charge in [0.15, 0.2) is 0 Å². The lowest BCUT2D eigenvalue weighted by Gasteiger charge is -2.18. The first-order valence-corrected chi connectivity index (χ1v) is 6.52. The van der Waals surface area contributed by atoms with Crippen LogP contribution in [0.15, 0.2) is 12.3 Å². The lowest BCUT2D eigenvalue weighted by atomic mass is 10.0. The summed E-state index contributed by atoms with van der Waals surface area (Å²) in [6.07, 6.45) is 3.02. The predicted octanol–water partition coefficient (Wildman–Crippen LogP) is 1.45. The summed E-state index contributed by atoms with van der Waals surface area (Å²) in [6.45, 7) is 8.77. The third kappa shape index (κ3) is 3.84. The maximum atomic E-state index is 11.3. The lowest BCUT2D eigenvalue weighted by molar-refractivity contribution is -0.121. The Hall–Kier alpha value is -1.36. The molecule has 2 atom stereocenters. The molecule has 102 valence electrons. The first-order chi connectivity index (χ1) is 8.45. The van der Waals surface area contributed by atoms with E-state index in [0.717, 1.165) is 12.1 Å². The Balaban J connectivity index is 2.57. The molecule has 0 aliphatic heterocycles. The van der Waals surface area contributed by atoms with Crippen LogP contribution >= 0.6 is 0 Å². The molecule has 5 heteroatoms. The van der Waals surface area contributed by atoms with Crippen molar-refractivity contribution in [3.8, 4) is 0 Å². The third-order valence-corrected chi connectivity index (χ3v) is 3.18. The van der Waals surface area contributed by atoms with E-state index < -0.39 is 0 Å². The van der Waals surface area contributed by atoms with Crippen LogP contribution in [0.3, 0.4) is 0 Å². The SMILES string of the molecule is CCC(C)n1ccc(CNC(C(N)=O)C(C)C)n1. The summed E-state index contributed by atoms with van der Waals surface area (Å²) in [5, 5.41) is 7.63. The molecule has 1 heterocycles. The van der Waals surface area contributed by atoms with Gasteiger partial charge in [0.05, 0.1) is 11.7 Å². The highest BCUT2D eigenvalue weighted by molar-refractivity contribution is 5.80. The minimum Gasteiger partial charge on any atom is -0.368 e. The molecule has 0 bridgehead atoms. The van der Waals surface area contributed by atoms with E-state index in [9.17, 15) is 4.79 Å². The first kappa shape index (κ1) is 14.7. The number of hydrogen-bond donors (Lipinski definition) is 2. The minimum atomic E-state index is -0.314. The van der Waals surface area contributed by atoms with Crippen molar-refractivity contribution in [2.45, 2.75) is 52.7 Å². The van der Waals surface area contributed by atoms with Crippen molar-refractivity contribution >= 4 is 5.91 Å². The van der Waals surface area contributed by atoms with E-state index in [0.29, 0.717) is 12.6 Å². The highest BCUT2D eigenvalue weighted by Crippen LogP contribution is 2.09. The topological polar surface area (TPSA) is 72.9 Å². The first-order valence-electron chi connectivity index (χ1n) is 6.52. The average molecular weight is 252 g/mol. The van der Waals surface area contributed by atoms with Crippen LogP contribution in [0.1, 0.15) is 45.9 Å². The van der Waals surface area contributed by atoms with Gasteiger partial charge in [-0.2, -0.15) is 5.10 Å². The molecule has 0 saturated carbocycles. The van der Waals surface area contributed by atoms with Crippen LogP contribution < -0.4 is 11.1 Å². The van der Waals surface area contributed by atoms with Crippen LogP contribution in [-0.4, -0.2) is 21.7 Å². The van der Waals surface area contributed by atoms with Crippen LogP contribution in [0.2, 0.25) is 0 Å². The van der Waals surface area contributed by atoms with E-state index >= 15 is 0 Å². The van der Waals surface area contributed by atoms with Gasteiger partial charge in [0.25, 0.3) is 0 Å². The number of rotatable bonds is 7. The average Bonchev–Trinajstić information content (AvgIpc) is 2.76. The van der Waals surface area contributed by atoms with Crippen molar-refractivity contribution in [1.29, 1.82) is 0 Å². The maximum Gasteiger partial charge on any atom is 0.234 e. The predicted molar refractivity (Wildman–Crippen MR) is 71.9 cm³/mol. The van der Waals surface area contributed by atoms with Gasteiger partial charge in [0.1, 0.15) is 0 Å². The van der Waals surface area contributed by atoms with E-state index in [-0.39, 0.29) is 17.9 Å². The molecule has 0 radical (unpaired) electrons. The summed E-state index contributed by atoms with van der Waals surface area (Å²) in [6, 6.07) is 2.06. The monoisotopic (exact) mass is 252 g/mol. The highest BCUT2D eigenvalue weighted by atomic mass is 16.1. The summed E-state index contributed by atoms with van der Waals surface area (Å²) < 4.78 is 1.95. The largest absolute Gasteiger partial charge is 0.368 e. The van der Waals surface area contributed by atoms with Gasteiger partial charge in [-0.1, -0.05) is 20.8 Å².